The molecule has 1 spiro atoms. The number of aliphatic hydroxyl groups is 1. The lowest BCUT2D eigenvalue weighted by Crippen LogP contribution is -2.29. The molecule has 2 aliphatic carbocycles. The summed E-state index contributed by atoms with van der Waals surface area (Å²) in [4.78, 5) is 0. The molecule has 2 aliphatic rings. The minimum Gasteiger partial charge on any atom is -0.396 e. The van der Waals surface area contributed by atoms with Gasteiger partial charge in [-0.25, -0.2) is 0 Å². The van der Waals surface area contributed by atoms with Crippen LogP contribution in [0.5, 0.6) is 0 Å². The second kappa shape index (κ2) is 2.96. The highest BCUT2D eigenvalue weighted by Crippen LogP contribution is 2.70. The van der Waals surface area contributed by atoms with Crippen LogP contribution in [-0.2, 0) is 0 Å². The maximum absolute atomic E-state index is 9.36. The number of nitrogens with two attached hydrogens (primary N) is 1. The first-order chi connectivity index (χ1) is 6.18. The molecular weight excluding hydrogens is 162 g/mol. The average Bonchev–Trinajstić information content (AvgIpc) is 2.80. The van der Waals surface area contributed by atoms with E-state index in [1.54, 1.807) is 0 Å². The minimum atomic E-state index is 0.118. The van der Waals surface area contributed by atoms with Gasteiger partial charge in [0.25, 0.3) is 0 Å². The lowest BCUT2D eigenvalue weighted by atomic mass is 9.76. The smallest absolute Gasteiger partial charge is 0.0505 e. The third kappa shape index (κ3) is 1.23. The van der Waals surface area contributed by atoms with Gasteiger partial charge in [-0.1, -0.05) is 19.8 Å². The summed E-state index contributed by atoms with van der Waals surface area (Å²) in [5.41, 5.74) is 6.33. The Morgan fingerprint density at radius 2 is 2.00 bits per heavy atom. The van der Waals surface area contributed by atoms with Gasteiger partial charge in [-0.2, -0.15) is 0 Å². The molecule has 2 fully saturated rings. The van der Waals surface area contributed by atoms with Crippen LogP contribution in [0.2, 0.25) is 0 Å². The molecule has 13 heavy (non-hydrogen) atoms. The predicted octanol–water partition coefficient (Wildman–Crippen LogP) is 1.52. The van der Waals surface area contributed by atoms with Gasteiger partial charge in [-0.05, 0) is 30.6 Å². The Morgan fingerprint density at radius 3 is 2.38 bits per heavy atom. The van der Waals surface area contributed by atoms with Crippen molar-refractivity contribution >= 4 is 0 Å². The summed E-state index contributed by atoms with van der Waals surface area (Å²) in [6.45, 7) is 3.31. The molecule has 0 heterocycles. The molecule has 1 unspecified atom stereocenters. The molecule has 2 heteroatoms. The van der Waals surface area contributed by atoms with E-state index in [2.05, 4.69) is 6.92 Å². The monoisotopic (exact) mass is 183 g/mol. The lowest BCUT2D eigenvalue weighted by Gasteiger charge is -2.30. The zero-order valence-corrected chi connectivity index (χ0v) is 8.55. The Hall–Kier alpha value is -0.0800. The topological polar surface area (TPSA) is 46.2 Å². The van der Waals surface area contributed by atoms with Crippen molar-refractivity contribution in [1.29, 1.82) is 0 Å². The average molecular weight is 183 g/mol. The van der Waals surface area contributed by atoms with E-state index in [0.29, 0.717) is 18.6 Å². The largest absolute Gasteiger partial charge is 0.396 e. The number of aliphatic hydroxyl groups excluding tert-OH is 1. The Morgan fingerprint density at radius 1 is 1.38 bits per heavy atom. The molecular formula is C11H21NO. The fourth-order valence-corrected chi connectivity index (χ4v) is 3.20. The fraction of sp³-hybridized carbons (Fsp3) is 1.00. The van der Waals surface area contributed by atoms with E-state index < -0.39 is 0 Å². The molecule has 3 N–H and O–H groups in total. The maximum Gasteiger partial charge on any atom is 0.0505 e. The standard InChI is InChI=1S/C11H21NO/c1-9-2-4-10(5-3-9)6-11(10,7-12)8-13/h9,13H,2-8,12H2,1H3. The van der Waals surface area contributed by atoms with E-state index in [4.69, 9.17) is 5.73 Å². The summed E-state index contributed by atoms with van der Waals surface area (Å²) >= 11 is 0. The molecule has 0 bridgehead atoms. The quantitative estimate of drug-likeness (QED) is 0.682. The molecule has 2 nitrogen and oxygen atoms in total. The second-order valence-electron chi connectivity index (χ2n) is 5.28. The number of rotatable bonds is 2. The van der Waals surface area contributed by atoms with Crippen molar-refractivity contribution in [1.82, 2.24) is 0 Å². The summed E-state index contributed by atoms with van der Waals surface area (Å²) < 4.78 is 0. The van der Waals surface area contributed by atoms with E-state index >= 15 is 0 Å². The Balaban J connectivity index is 2.02. The van der Waals surface area contributed by atoms with Crippen LogP contribution in [0.15, 0.2) is 0 Å². The van der Waals surface area contributed by atoms with Gasteiger partial charge in [0.05, 0.1) is 6.61 Å². The van der Waals surface area contributed by atoms with E-state index in [-0.39, 0.29) is 5.41 Å². The molecule has 0 aromatic carbocycles. The van der Waals surface area contributed by atoms with Crippen LogP contribution in [0.1, 0.15) is 39.0 Å². The normalized spacial score (nSPS) is 49.6. The van der Waals surface area contributed by atoms with Crippen LogP contribution in [0.25, 0.3) is 0 Å². The van der Waals surface area contributed by atoms with Crippen molar-refractivity contribution in [2.45, 2.75) is 39.0 Å². The molecule has 1 atom stereocenters. The molecule has 0 aromatic rings. The Kier molecular flexibility index (Phi) is 2.16. The third-order valence-electron chi connectivity index (χ3n) is 4.60. The molecule has 0 radical (unpaired) electrons. The predicted molar refractivity (Wildman–Crippen MR) is 53.3 cm³/mol. The summed E-state index contributed by atoms with van der Waals surface area (Å²) in [6.07, 6.45) is 6.45. The van der Waals surface area contributed by atoms with Crippen molar-refractivity contribution < 1.29 is 5.11 Å². The van der Waals surface area contributed by atoms with Gasteiger partial charge in [0.15, 0.2) is 0 Å². The highest BCUT2D eigenvalue weighted by molar-refractivity contribution is 5.15. The number of hydrogen-bond donors (Lipinski definition) is 2. The molecule has 0 saturated heterocycles. The van der Waals surface area contributed by atoms with Gasteiger partial charge in [-0.15, -0.1) is 0 Å². The van der Waals surface area contributed by atoms with Crippen LogP contribution in [0.4, 0.5) is 0 Å². The first-order valence-electron chi connectivity index (χ1n) is 5.49. The highest BCUT2D eigenvalue weighted by Gasteiger charge is 2.65. The molecule has 2 saturated carbocycles. The van der Waals surface area contributed by atoms with Crippen molar-refractivity contribution in [3.05, 3.63) is 0 Å². The number of hydrogen-bond acceptors (Lipinski definition) is 2. The molecule has 2 rings (SSSR count). The fourth-order valence-electron chi connectivity index (χ4n) is 3.20. The molecule has 76 valence electrons. The second-order valence-corrected chi connectivity index (χ2v) is 5.28. The van der Waals surface area contributed by atoms with Crippen molar-refractivity contribution in [3.8, 4) is 0 Å². The zero-order valence-electron chi connectivity index (χ0n) is 8.55. The van der Waals surface area contributed by atoms with E-state index in [9.17, 15) is 5.11 Å². The van der Waals surface area contributed by atoms with Crippen molar-refractivity contribution in [2.75, 3.05) is 13.2 Å². The van der Waals surface area contributed by atoms with E-state index in [1.165, 1.54) is 32.1 Å². The summed E-state index contributed by atoms with van der Waals surface area (Å²) in [5, 5.41) is 9.36. The highest BCUT2D eigenvalue weighted by atomic mass is 16.3. The van der Waals surface area contributed by atoms with Crippen LogP contribution in [0.3, 0.4) is 0 Å². The SMILES string of the molecule is CC1CCC2(CC1)CC2(CN)CO. The van der Waals surface area contributed by atoms with Crippen LogP contribution in [-0.4, -0.2) is 18.3 Å². The van der Waals surface area contributed by atoms with Gasteiger partial charge in [-0.3, -0.25) is 0 Å². The van der Waals surface area contributed by atoms with Crippen LogP contribution < -0.4 is 5.73 Å². The van der Waals surface area contributed by atoms with Gasteiger partial charge < -0.3 is 10.8 Å². The summed E-state index contributed by atoms with van der Waals surface area (Å²) in [7, 11) is 0. The first kappa shape index (κ1) is 9.47. The Labute approximate surface area is 80.5 Å². The molecule has 0 aromatic heterocycles. The summed E-state index contributed by atoms with van der Waals surface area (Å²) in [6, 6.07) is 0. The lowest BCUT2D eigenvalue weighted by molar-refractivity contribution is 0.139. The molecule has 0 amide bonds. The van der Waals surface area contributed by atoms with Crippen LogP contribution in [0, 0.1) is 16.7 Å². The first-order valence-corrected chi connectivity index (χ1v) is 5.49. The molecule has 0 aliphatic heterocycles. The van der Waals surface area contributed by atoms with Gasteiger partial charge in [0, 0.05) is 12.0 Å². The van der Waals surface area contributed by atoms with E-state index in [0.717, 1.165) is 5.92 Å². The van der Waals surface area contributed by atoms with Crippen LogP contribution >= 0.6 is 0 Å². The van der Waals surface area contributed by atoms with Gasteiger partial charge in [0.1, 0.15) is 0 Å². The van der Waals surface area contributed by atoms with Gasteiger partial charge >= 0.3 is 0 Å². The van der Waals surface area contributed by atoms with Crippen molar-refractivity contribution in [3.63, 3.8) is 0 Å². The van der Waals surface area contributed by atoms with E-state index in [1.807, 2.05) is 0 Å². The summed E-state index contributed by atoms with van der Waals surface area (Å²) in [5.74, 6) is 0.889. The maximum atomic E-state index is 9.36. The minimum absolute atomic E-state index is 0.118. The third-order valence-corrected chi connectivity index (χ3v) is 4.60. The zero-order chi connectivity index (χ0) is 9.53. The van der Waals surface area contributed by atoms with Crippen molar-refractivity contribution in [2.24, 2.45) is 22.5 Å². The van der Waals surface area contributed by atoms with Gasteiger partial charge in [0.2, 0.25) is 0 Å². The Bertz CT molecular complexity index is 190.